The predicted octanol–water partition coefficient (Wildman–Crippen LogP) is 16.8. The molecule has 320 valence electrons. The molecule has 0 fully saturated rings. The first-order chi connectivity index (χ1) is 33.5. The van der Waals surface area contributed by atoms with Gasteiger partial charge >= 0.3 is 0 Å². The Morgan fingerprint density at radius 3 is 1.50 bits per heavy atom. The van der Waals surface area contributed by atoms with Crippen LogP contribution in [-0.2, 0) is 16.2 Å². The second-order valence-corrected chi connectivity index (χ2v) is 20.5. The van der Waals surface area contributed by atoms with Crippen molar-refractivity contribution < 1.29 is 4.74 Å². The molecule has 0 saturated heterocycles. The fraction of sp³-hybridized carbons (Fsp3) is 0.0769. The summed E-state index contributed by atoms with van der Waals surface area (Å²) >= 11 is 1.89. The van der Waals surface area contributed by atoms with Crippen molar-refractivity contribution >= 4 is 28.8 Å². The van der Waals surface area contributed by atoms with Crippen molar-refractivity contribution in [2.45, 2.75) is 39.9 Å². The maximum atomic E-state index is 6.79. The summed E-state index contributed by atoms with van der Waals surface area (Å²) in [4.78, 5) is 5.23. The topological polar surface area (TPSA) is 12.5 Å². The third-order valence-electron chi connectivity index (χ3n) is 16.0. The molecule has 68 heavy (non-hydrogen) atoms. The van der Waals surface area contributed by atoms with Crippen LogP contribution in [0.1, 0.15) is 69.5 Å². The number of para-hydroxylation sites is 2. The lowest BCUT2D eigenvalue weighted by atomic mass is 9.66. The van der Waals surface area contributed by atoms with Crippen LogP contribution in [0, 0.1) is 0 Å². The minimum atomic E-state index is -0.616. The van der Waals surface area contributed by atoms with Crippen molar-refractivity contribution in [3.8, 4) is 44.9 Å². The van der Waals surface area contributed by atoms with Crippen LogP contribution in [0.5, 0.6) is 11.5 Å². The second-order valence-electron chi connectivity index (χ2n) is 19.4. The van der Waals surface area contributed by atoms with Gasteiger partial charge in [0.25, 0.3) is 0 Å². The van der Waals surface area contributed by atoms with E-state index in [9.17, 15) is 0 Å². The van der Waals surface area contributed by atoms with Crippen LogP contribution in [0.4, 0.5) is 17.1 Å². The minimum Gasteiger partial charge on any atom is -0.457 e. The highest BCUT2D eigenvalue weighted by molar-refractivity contribution is 7.99. The Balaban J connectivity index is 1.09. The summed E-state index contributed by atoms with van der Waals surface area (Å²) in [6.07, 6.45) is 0. The Labute approximate surface area is 401 Å². The summed E-state index contributed by atoms with van der Waals surface area (Å²) in [6.45, 7) is 4.79. The zero-order valence-electron chi connectivity index (χ0n) is 37.6. The maximum Gasteiger partial charge on any atom is 0.132 e. The van der Waals surface area contributed by atoms with E-state index in [1.54, 1.807) is 0 Å². The summed E-state index contributed by atoms with van der Waals surface area (Å²) in [5.41, 5.74) is 22.5. The number of anilines is 3. The van der Waals surface area contributed by atoms with Crippen molar-refractivity contribution in [1.82, 2.24) is 0 Å². The molecule has 5 aliphatic rings. The normalized spacial score (nSPS) is 15.6. The third kappa shape index (κ3) is 4.65. The van der Waals surface area contributed by atoms with Crippen LogP contribution in [0.3, 0.4) is 0 Å². The minimum absolute atomic E-state index is 0.201. The van der Waals surface area contributed by atoms with E-state index in [0.717, 1.165) is 34.0 Å². The Morgan fingerprint density at radius 1 is 0.353 bits per heavy atom. The van der Waals surface area contributed by atoms with Gasteiger partial charge in [-0.25, -0.2) is 0 Å². The first kappa shape index (κ1) is 38.3. The third-order valence-corrected chi connectivity index (χ3v) is 17.1. The number of ether oxygens (including phenoxy) is 1. The predicted molar refractivity (Wildman–Crippen MR) is 277 cm³/mol. The zero-order valence-corrected chi connectivity index (χ0v) is 38.4. The molecule has 2 aliphatic heterocycles. The number of rotatable bonds is 3. The molecule has 0 bridgehead atoms. The lowest BCUT2D eigenvalue weighted by molar-refractivity contribution is 0.436. The van der Waals surface area contributed by atoms with Gasteiger partial charge in [-0.1, -0.05) is 202 Å². The van der Waals surface area contributed by atoms with Gasteiger partial charge in [-0.3, -0.25) is 0 Å². The van der Waals surface area contributed by atoms with Crippen LogP contribution in [0.2, 0.25) is 0 Å². The summed E-state index contributed by atoms with van der Waals surface area (Å²) < 4.78 is 6.79. The molecule has 0 aromatic heterocycles. The molecule has 0 unspecified atom stereocenters. The largest absolute Gasteiger partial charge is 0.457 e. The second kappa shape index (κ2) is 13.6. The Bertz CT molecular complexity index is 3730. The van der Waals surface area contributed by atoms with E-state index in [1.807, 2.05) is 11.8 Å². The van der Waals surface area contributed by atoms with Crippen LogP contribution >= 0.6 is 11.8 Å². The summed E-state index contributed by atoms with van der Waals surface area (Å²) in [6, 6.07) is 84.4. The maximum absolute atomic E-state index is 6.79. The lowest BCUT2D eigenvalue weighted by Crippen LogP contribution is -2.33. The molecule has 15 rings (SSSR count). The van der Waals surface area contributed by atoms with Gasteiger partial charge in [0.1, 0.15) is 11.5 Å². The molecule has 0 atom stereocenters. The number of benzene rings is 10. The zero-order chi connectivity index (χ0) is 44.9. The van der Waals surface area contributed by atoms with E-state index >= 15 is 0 Å². The molecule has 10 aromatic carbocycles. The van der Waals surface area contributed by atoms with Gasteiger partial charge in [-0.15, -0.1) is 0 Å². The first-order valence-corrected chi connectivity index (χ1v) is 24.6. The Morgan fingerprint density at radius 2 is 0.824 bits per heavy atom. The van der Waals surface area contributed by atoms with E-state index in [0.29, 0.717) is 0 Å². The smallest absolute Gasteiger partial charge is 0.132 e. The molecule has 0 amide bonds. The number of fused-ring (bicyclic) bond motifs is 21. The van der Waals surface area contributed by atoms with Gasteiger partial charge in [0.05, 0.1) is 22.2 Å². The van der Waals surface area contributed by atoms with Gasteiger partial charge in [-0.05, 0) is 115 Å². The summed E-state index contributed by atoms with van der Waals surface area (Å²) in [5, 5.41) is 0. The van der Waals surface area contributed by atoms with Crippen molar-refractivity contribution in [1.29, 1.82) is 0 Å². The fourth-order valence-corrected chi connectivity index (χ4v) is 14.6. The number of hydrogen-bond donors (Lipinski definition) is 0. The average Bonchev–Trinajstić information content (AvgIpc) is 3.94. The van der Waals surface area contributed by atoms with Crippen molar-refractivity contribution in [2.75, 3.05) is 4.90 Å². The lowest BCUT2D eigenvalue weighted by Gasteiger charge is -2.42. The van der Waals surface area contributed by atoms with Gasteiger partial charge in [0, 0.05) is 43.1 Å². The quantitative estimate of drug-likeness (QED) is 0.175. The van der Waals surface area contributed by atoms with Gasteiger partial charge in [0.2, 0.25) is 0 Å². The molecular weight excluding hydrogens is 843 g/mol. The molecule has 2 nitrogen and oxygen atoms in total. The first-order valence-electron chi connectivity index (χ1n) is 23.8. The van der Waals surface area contributed by atoms with E-state index in [1.165, 1.54) is 93.4 Å². The van der Waals surface area contributed by atoms with Gasteiger partial charge in [0.15, 0.2) is 0 Å². The van der Waals surface area contributed by atoms with E-state index < -0.39 is 10.8 Å². The molecule has 3 aliphatic carbocycles. The van der Waals surface area contributed by atoms with Crippen molar-refractivity contribution in [2.24, 2.45) is 0 Å². The van der Waals surface area contributed by atoms with Crippen LogP contribution in [-0.4, -0.2) is 0 Å². The molecule has 2 heterocycles. The highest BCUT2D eigenvalue weighted by Crippen LogP contribution is 2.68. The van der Waals surface area contributed by atoms with Crippen molar-refractivity contribution in [3.63, 3.8) is 0 Å². The van der Waals surface area contributed by atoms with Crippen LogP contribution in [0.25, 0.3) is 33.4 Å². The molecule has 0 N–H and O–H groups in total. The highest BCUT2D eigenvalue weighted by atomic mass is 32.2. The summed E-state index contributed by atoms with van der Waals surface area (Å²) in [7, 11) is 0. The molecule has 10 aromatic rings. The Kier molecular flexibility index (Phi) is 7.67. The molecule has 2 spiro atoms. The van der Waals surface area contributed by atoms with Gasteiger partial charge < -0.3 is 9.64 Å². The number of hydrogen-bond acceptors (Lipinski definition) is 3. The molecule has 3 heteroatoms. The fourth-order valence-electron chi connectivity index (χ4n) is 13.4. The molecular formula is C65H43NOS. The Hall–Kier alpha value is -7.85. The average molecular weight is 886 g/mol. The van der Waals surface area contributed by atoms with Crippen LogP contribution in [0.15, 0.2) is 234 Å². The van der Waals surface area contributed by atoms with E-state index in [2.05, 4.69) is 243 Å². The van der Waals surface area contributed by atoms with E-state index in [4.69, 9.17) is 4.74 Å². The SMILES string of the molecule is CC1(C)c2ccccc2-c2ccc(N(c3cccc4c3-c3ccccc3C43c4ccccc4Oc4ccccc43)c3cccc4c3C3(c5ccccc5Sc5ccccc53)c3ccccc3-4)cc21. The number of nitrogens with zero attached hydrogens (tertiary/aromatic N) is 1. The van der Waals surface area contributed by atoms with Crippen LogP contribution < -0.4 is 9.64 Å². The van der Waals surface area contributed by atoms with Gasteiger partial charge in [-0.2, -0.15) is 0 Å². The van der Waals surface area contributed by atoms with E-state index in [-0.39, 0.29) is 5.41 Å². The molecule has 0 radical (unpaired) electrons. The van der Waals surface area contributed by atoms with Crippen molar-refractivity contribution in [3.05, 3.63) is 280 Å². The monoisotopic (exact) mass is 885 g/mol. The highest BCUT2D eigenvalue weighted by Gasteiger charge is 2.54. The molecule has 0 saturated carbocycles. The standard InChI is InChI=1S/C65H43NOS/c1-63(2)46-23-6-3-19-41(46)43-38-37-40(39-54(43)63)66(55-31-18-30-53-61(55)45-21-5-8-25-48(45)64(53)49-26-9-13-33-57(49)67-58-34-14-10-27-50(58)64)56-32-17-22-44-42-20-4-7-24-47(42)65(62(44)56)51-28-11-15-35-59(51)68-60-36-16-12-29-52(60)65/h3-39H,1-2H3. The summed E-state index contributed by atoms with van der Waals surface area (Å²) in [5.74, 6) is 1.79.